The van der Waals surface area contributed by atoms with E-state index in [1.165, 1.54) is 0 Å². The molecule has 6 aromatic rings. The molecule has 0 amide bonds. The molecular formula is C35H29N5. The molecule has 5 nitrogen and oxygen atoms in total. The fraction of sp³-hybridized carbons (Fsp3) is 0.0571. The van der Waals surface area contributed by atoms with Crippen LogP contribution in [0.3, 0.4) is 0 Å². The minimum atomic E-state index is 0.637. The molecule has 1 aromatic heterocycles. The normalized spacial score (nSPS) is 10.8. The monoisotopic (exact) mass is 519 g/mol. The second-order valence-electron chi connectivity index (χ2n) is 9.50. The van der Waals surface area contributed by atoms with E-state index in [1.807, 2.05) is 44.4 Å². The fourth-order valence-electron chi connectivity index (χ4n) is 4.73. The third-order valence-electron chi connectivity index (χ3n) is 6.88. The van der Waals surface area contributed by atoms with Crippen molar-refractivity contribution in [3.05, 3.63) is 127 Å². The van der Waals surface area contributed by atoms with E-state index in [9.17, 15) is 0 Å². The number of rotatable bonds is 7. The summed E-state index contributed by atoms with van der Waals surface area (Å²) in [6.07, 6.45) is 0. The van der Waals surface area contributed by atoms with Crippen LogP contribution in [0.4, 0.5) is 11.4 Å². The van der Waals surface area contributed by atoms with E-state index in [4.69, 9.17) is 15.0 Å². The van der Waals surface area contributed by atoms with Gasteiger partial charge in [-0.15, -0.1) is 0 Å². The number of nitrogens with zero attached hydrogens (tertiary/aromatic N) is 3. The van der Waals surface area contributed by atoms with Gasteiger partial charge in [0.1, 0.15) is 0 Å². The van der Waals surface area contributed by atoms with Crippen molar-refractivity contribution in [1.29, 1.82) is 0 Å². The van der Waals surface area contributed by atoms with Gasteiger partial charge < -0.3 is 10.6 Å². The summed E-state index contributed by atoms with van der Waals surface area (Å²) in [4.78, 5) is 14.8. The molecule has 0 aliphatic carbocycles. The lowest BCUT2D eigenvalue weighted by Gasteiger charge is -2.11. The van der Waals surface area contributed by atoms with Gasteiger partial charge in [-0.3, -0.25) is 0 Å². The lowest BCUT2D eigenvalue weighted by Crippen LogP contribution is -2.00. The third kappa shape index (κ3) is 5.31. The van der Waals surface area contributed by atoms with Gasteiger partial charge in [-0.05, 0) is 58.7 Å². The minimum absolute atomic E-state index is 0.637. The van der Waals surface area contributed by atoms with Crippen LogP contribution in [0.25, 0.3) is 56.4 Å². The maximum Gasteiger partial charge on any atom is 0.164 e. The molecule has 5 heteroatoms. The highest BCUT2D eigenvalue weighted by molar-refractivity contribution is 5.76. The lowest BCUT2D eigenvalue weighted by atomic mass is 10.0. The second-order valence-corrected chi connectivity index (χ2v) is 9.50. The Morgan fingerprint density at radius 2 is 0.700 bits per heavy atom. The summed E-state index contributed by atoms with van der Waals surface area (Å²) in [5.74, 6) is 1.92. The van der Waals surface area contributed by atoms with Crippen LogP contribution in [0, 0.1) is 0 Å². The summed E-state index contributed by atoms with van der Waals surface area (Å²) in [5, 5.41) is 6.44. The lowest BCUT2D eigenvalue weighted by molar-refractivity contribution is 1.07. The topological polar surface area (TPSA) is 62.7 Å². The van der Waals surface area contributed by atoms with Crippen LogP contribution < -0.4 is 10.6 Å². The predicted molar refractivity (Wildman–Crippen MR) is 166 cm³/mol. The first-order valence-corrected chi connectivity index (χ1v) is 13.3. The molecule has 0 spiro atoms. The molecule has 1 heterocycles. The van der Waals surface area contributed by atoms with Crippen molar-refractivity contribution in [2.75, 3.05) is 24.7 Å². The summed E-state index contributed by atoms with van der Waals surface area (Å²) in [6, 6.07) is 43.5. The molecule has 0 radical (unpaired) electrons. The van der Waals surface area contributed by atoms with Crippen LogP contribution in [0.1, 0.15) is 0 Å². The Bertz CT molecular complexity index is 1670. The van der Waals surface area contributed by atoms with Crippen LogP contribution >= 0.6 is 0 Å². The van der Waals surface area contributed by atoms with Gasteiger partial charge in [0.2, 0.25) is 0 Å². The Morgan fingerprint density at radius 1 is 0.350 bits per heavy atom. The van der Waals surface area contributed by atoms with Crippen LogP contribution in [-0.4, -0.2) is 29.0 Å². The smallest absolute Gasteiger partial charge is 0.164 e. The van der Waals surface area contributed by atoms with Crippen LogP contribution in [-0.2, 0) is 0 Å². The number of hydrogen-bond acceptors (Lipinski definition) is 5. The number of hydrogen-bond donors (Lipinski definition) is 2. The first-order chi connectivity index (χ1) is 19.7. The van der Waals surface area contributed by atoms with E-state index in [0.29, 0.717) is 17.5 Å². The molecule has 2 N–H and O–H groups in total. The quantitative estimate of drug-likeness (QED) is 0.222. The van der Waals surface area contributed by atoms with Crippen LogP contribution in [0.2, 0.25) is 0 Å². The van der Waals surface area contributed by atoms with E-state index in [2.05, 4.69) is 108 Å². The third-order valence-corrected chi connectivity index (χ3v) is 6.88. The van der Waals surface area contributed by atoms with E-state index in [1.54, 1.807) is 0 Å². The average Bonchev–Trinajstić information content (AvgIpc) is 3.05. The van der Waals surface area contributed by atoms with Crippen molar-refractivity contribution < 1.29 is 0 Å². The summed E-state index contributed by atoms with van der Waals surface area (Å²) in [7, 11) is 3.86. The molecular weight excluding hydrogens is 490 g/mol. The molecule has 0 saturated carbocycles. The average molecular weight is 520 g/mol. The molecule has 194 valence electrons. The molecule has 0 bridgehead atoms. The zero-order chi connectivity index (χ0) is 27.3. The van der Waals surface area contributed by atoms with Crippen molar-refractivity contribution >= 4 is 11.4 Å². The van der Waals surface area contributed by atoms with Crippen molar-refractivity contribution in [1.82, 2.24) is 15.0 Å². The zero-order valence-corrected chi connectivity index (χ0v) is 22.5. The van der Waals surface area contributed by atoms with E-state index < -0.39 is 0 Å². The first-order valence-electron chi connectivity index (χ1n) is 13.3. The van der Waals surface area contributed by atoms with Crippen molar-refractivity contribution in [2.45, 2.75) is 0 Å². The van der Waals surface area contributed by atoms with Gasteiger partial charge in [-0.2, -0.15) is 0 Å². The number of anilines is 2. The van der Waals surface area contributed by atoms with E-state index in [0.717, 1.165) is 50.3 Å². The Balaban J connectivity index is 1.47. The van der Waals surface area contributed by atoms with Gasteiger partial charge in [0, 0.05) is 42.2 Å². The van der Waals surface area contributed by atoms with E-state index in [-0.39, 0.29) is 0 Å². The Hall–Kier alpha value is -5.29. The minimum Gasteiger partial charge on any atom is -0.388 e. The predicted octanol–water partition coefficient (Wildman–Crippen LogP) is 8.29. The SMILES string of the molecule is CNc1cccc(-c2cccc(-c3nc(-c4ccccc4)nc(-c4cccc(-c5cccc(NC)c5)c4)n3)c2)c1. The zero-order valence-electron chi connectivity index (χ0n) is 22.5. The Morgan fingerprint density at radius 3 is 1.15 bits per heavy atom. The maximum absolute atomic E-state index is 4.99. The molecule has 0 aliphatic rings. The highest BCUT2D eigenvalue weighted by Gasteiger charge is 2.14. The van der Waals surface area contributed by atoms with Crippen molar-refractivity contribution in [2.24, 2.45) is 0 Å². The Kier molecular flexibility index (Phi) is 7.01. The second kappa shape index (κ2) is 11.2. The number of nitrogens with one attached hydrogen (secondary N) is 2. The maximum atomic E-state index is 4.99. The summed E-state index contributed by atoms with van der Waals surface area (Å²) >= 11 is 0. The highest BCUT2D eigenvalue weighted by Crippen LogP contribution is 2.31. The molecule has 5 aromatic carbocycles. The Labute approximate surface area is 234 Å². The van der Waals surface area contributed by atoms with Gasteiger partial charge in [0.25, 0.3) is 0 Å². The van der Waals surface area contributed by atoms with Crippen molar-refractivity contribution in [3.8, 4) is 56.4 Å². The summed E-state index contributed by atoms with van der Waals surface area (Å²) in [5.41, 5.74) is 9.41. The first kappa shape index (κ1) is 25.0. The van der Waals surface area contributed by atoms with Gasteiger partial charge in [-0.25, -0.2) is 15.0 Å². The molecule has 0 unspecified atom stereocenters. The fourth-order valence-corrected chi connectivity index (χ4v) is 4.73. The largest absolute Gasteiger partial charge is 0.388 e. The summed E-state index contributed by atoms with van der Waals surface area (Å²) < 4.78 is 0. The van der Waals surface area contributed by atoms with Gasteiger partial charge in [0.15, 0.2) is 17.5 Å². The van der Waals surface area contributed by atoms with Gasteiger partial charge >= 0.3 is 0 Å². The molecule has 0 fully saturated rings. The highest BCUT2D eigenvalue weighted by atomic mass is 15.0. The van der Waals surface area contributed by atoms with E-state index >= 15 is 0 Å². The van der Waals surface area contributed by atoms with Gasteiger partial charge in [-0.1, -0.05) is 91.0 Å². The number of aromatic nitrogens is 3. The molecule has 40 heavy (non-hydrogen) atoms. The van der Waals surface area contributed by atoms with Crippen LogP contribution in [0.5, 0.6) is 0 Å². The molecule has 0 aliphatic heterocycles. The molecule has 0 atom stereocenters. The number of benzene rings is 5. The molecule has 6 rings (SSSR count). The van der Waals surface area contributed by atoms with Crippen molar-refractivity contribution in [3.63, 3.8) is 0 Å². The van der Waals surface area contributed by atoms with Gasteiger partial charge in [0.05, 0.1) is 0 Å². The summed E-state index contributed by atoms with van der Waals surface area (Å²) in [6.45, 7) is 0. The van der Waals surface area contributed by atoms with Crippen LogP contribution in [0.15, 0.2) is 127 Å². The standard InChI is InChI=1S/C35H29N5/c1-36-31-18-8-14-27(22-31)25-12-6-16-29(20-25)34-38-33(24-10-4-3-5-11-24)39-35(40-34)30-17-7-13-26(21-30)28-15-9-19-32(23-28)37-2/h3-23,36-37H,1-2H3. The molecule has 0 saturated heterocycles.